The molecule has 0 amide bonds. The third-order valence-electron chi connectivity index (χ3n) is 5.11. The van der Waals surface area contributed by atoms with Gasteiger partial charge in [-0.1, -0.05) is 42.6 Å². The summed E-state index contributed by atoms with van der Waals surface area (Å²) >= 11 is 12.3. The molecular formula is C24H25Cl2NO5. The molecule has 0 spiro atoms. The number of fused-ring (bicyclic) bond motifs is 1. The van der Waals surface area contributed by atoms with Crippen molar-refractivity contribution in [2.45, 2.75) is 39.5 Å². The van der Waals surface area contributed by atoms with Gasteiger partial charge in [0.2, 0.25) is 0 Å². The van der Waals surface area contributed by atoms with E-state index in [0.29, 0.717) is 53.5 Å². The first-order chi connectivity index (χ1) is 15.3. The summed E-state index contributed by atoms with van der Waals surface area (Å²) in [6, 6.07) is 8.93. The fourth-order valence-electron chi connectivity index (χ4n) is 3.52. The number of halogens is 2. The molecule has 170 valence electrons. The first-order valence-electron chi connectivity index (χ1n) is 10.4. The molecule has 0 saturated heterocycles. The van der Waals surface area contributed by atoms with Crippen LogP contribution in [0.5, 0.6) is 5.75 Å². The number of hydrogen-bond donors (Lipinski definition) is 2. The summed E-state index contributed by atoms with van der Waals surface area (Å²) in [6.07, 6.45) is 2.23. The van der Waals surface area contributed by atoms with Gasteiger partial charge in [0, 0.05) is 17.5 Å². The average molecular weight is 478 g/mol. The highest BCUT2D eigenvalue weighted by atomic mass is 35.5. The van der Waals surface area contributed by atoms with Crippen molar-refractivity contribution in [2.75, 3.05) is 18.5 Å². The molecule has 0 saturated carbocycles. The summed E-state index contributed by atoms with van der Waals surface area (Å²) in [7, 11) is 0. The minimum atomic E-state index is -0.896. The quantitative estimate of drug-likeness (QED) is 0.280. The second-order valence-corrected chi connectivity index (χ2v) is 8.30. The summed E-state index contributed by atoms with van der Waals surface area (Å²) in [6.45, 7) is 4.95. The zero-order valence-electron chi connectivity index (χ0n) is 18.0. The number of carboxylic acids is 1. The molecule has 0 fully saturated rings. The lowest BCUT2D eigenvalue weighted by molar-refractivity contribution is -0.136. The van der Waals surface area contributed by atoms with E-state index in [-0.39, 0.29) is 11.4 Å². The van der Waals surface area contributed by atoms with Crippen LogP contribution in [0.2, 0.25) is 10.0 Å². The minimum absolute atomic E-state index is 0.0639. The standard InChI is InChI=1S/C24H25Cl2NO5/c1-3-5-17-20(9-7-16-14(2)22(26)24(30)32-23(16)17)31-11-4-10-27-19-8-6-15(12-18(19)25)13-21(28)29/h6-9,12,27H,3-5,10-11,13H2,1-2H3,(H,28,29). The van der Waals surface area contributed by atoms with Crippen molar-refractivity contribution in [3.05, 3.63) is 67.5 Å². The van der Waals surface area contributed by atoms with Crippen LogP contribution in [0, 0.1) is 6.92 Å². The topological polar surface area (TPSA) is 88.8 Å². The van der Waals surface area contributed by atoms with Crippen LogP contribution in [0.3, 0.4) is 0 Å². The Morgan fingerprint density at radius 1 is 1.22 bits per heavy atom. The molecule has 2 N–H and O–H groups in total. The molecule has 0 atom stereocenters. The number of ether oxygens (including phenoxy) is 1. The number of benzene rings is 2. The van der Waals surface area contributed by atoms with Gasteiger partial charge in [0.15, 0.2) is 0 Å². The lowest BCUT2D eigenvalue weighted by Gasteiger charge is -2.15. The molecule has 0 aliphatic carbocycles. The zero-order valence-corrected chi connectivity index (χ0v) is 19.5. The van der Waals surface area contributed by atoms with Crippen LogP contribution in [-0.4, -0.2) is 24.2 Å². The van der Waals surface area contributed by atoms with Gasteiger partial charge < -0.3 is 19.6 Å². The second-order valence-electron chi connectivity index (χ2n) is 7.51. The number of carbonyl (C=O) groups is 1. The Kier molecular flexibility index (Phi) is 8.04. The second kappa shape index (κ2) is 10.7. The third kappa shape index (κ3) is 5.56. The van der Waals surface area contributed by atoms with Crippen LogP contribution >= 0.6 is 23.2 Å². The van der Waals surface area contributed by atoms with E-state index in [4.69, 9.17) is 37.5 Å². The fourth-order valence-corrected chi connectivity index (χ4v) is 3.93. The molecule has 3 aromatic rings. The van der Waals surface area contributed by atoms with E-state index < -0.39 is 11.6 Å². The summed E-state index contributed by atoms with van der Waals surface area (Å²) in [5.41, 5.74) is 2.96. The average Bonchev–Trinajstić information content (AvgIpc) is 2.74. The smallest absolute Gasteiger partial charge is 0.355 e. The first-order valence-corrected chi connectivity index (χ1v) is 11.2. The Hall–Kier alpha value is -2.70. The van der Waals surface area contributed by atoms with Crippen molar-refractivity contribution in [2.24, 2.45) is 0 Å². The van der Waals surface area contributed by atoms with Crippen molar-refractivity contribution in [3.63, 3.8) is 0 Å². The highest BCUT2D eigenvalue weighted by Crippen LogP contribution is 2.32. The number of carboxylic acid groups (broad SMARTS) is 1. The lowest BCUT2D eigenvalue weighted by Crippen LogP contribution is -2.09. The molecular weight excluding hydrogens is 453 g/mol. The number of aliphatic carboxylic acids is 1. The van der Waals surface area contributed by atoms with E-state index in [1.807, 2.05) is 19.1 Å². The zero-order chi connectivity index (χ0) is 23.3. The van der Waals surface area contributed by atoms with Crippen LogP contribution in [0.4, 0.5) is 5.69 Å². The van der Waals surface area contributed by atoms with Crippen LogP contribution in [-0.2, 0) is 17.6 Å². The minimum Gasteiger partial charge on any atom is -0.493 e. The maximum absolute atomic E-state index is 12.1. The van der Waals surface area contributed by atoms with Gasteiger partial charge >= 0.3 is 11.6 Å². The molecule has 2 aromatic carbocycles. The number of nitrogens with one attached hydrogen (secondary N) is 1. The SMILES string of the molecule is CCCc1c(OCCCNc2ccc(CC(=O)O)cc2Cl)ccc2c(C)c(Cl)c(=O)oc12. The number of anilines is 1. The van der Waals surface area contributed by atoms with Gasteiger partial charge in [-0.15, -0.1) is 0 Å². The van der Waals surface area contributed by atoms with E-state index in [0.717, 1.165) is 23.1 Å². The van der Waals surface area contributed by atoms with E-state index in [1.54, 1.807) is 18.2 Å². The molecule has 1 heterocycles. The van der Waals surface area contributed by atoms with Gasteiger partial charge in [0.1, 0.15) is 16.4 Å². The van der Waals surface area contributed by atoms with Crippen molar-refractivity contribution >= 4 is 45.8 Å². The summed E-state index contributed by atoms with van der Waals surface area (Å²) < 4.78 is 11.5. The van der Waals surface area contributed by atoms with Gasteiger partial charge in [-0.2, -0.15) is 0 Å². The molecule has 0 aliphatic heterocycles. The molecule has 6 nitrogen and oxygen atoms in total. The number of hydrogen-bond acceptors (Lipinski definition) is 5. The predicted molar refractivity (Wildman–Crippen MR) is 128 cm³/mol. The first kappa shape index (κ1) is 24.0. The third-order valence-corrected chi connectivity index (χ3v) is 5.86. The largest absolute Gasteiger partial charge is 0.493 e. The van der Waals surface area contributed by atoms with Crippen LogP contribution < -0.4 is 15.7 Å². The van der Waals surface area contributed by atoms with Crippen LogP contribution in [0.25, 0.3) is 11.0 Å². The summed E-state index contributed by atoms with van der Waals surface area (Å²) in [5.74, 6) is -0.201. The van der Waals surface area contributed by atoms with Gasteiger partial charge in [-0.05, 0) is 55.2 Å². The van der Waals surface area contributed by atoms with E-state index in [2.05, 4.69) is 12.2 Å². The van der Waals surface area contributed by atoms with Gasteiger partial charge in [-0.3, -0.25) is 4.79 Å². The van der Waals surface area contributed by atoms with Crippen molar-refractivity contribution in [1.29, 1.82) is 0 Å². The molecule has 1 aromatic heterocycles. The van der Waals surface area contributed by atoms with Crippen LogP contribution in [0.1, 0.15) is 36.5 Å². The molecule has 0 aliphatic rings. The monoisotopic (exact) mass is 477 g/mol. The van der Waals surface area contributed by atoms with Crippen molar-refractivity contribution in [3.8, 4) is 5.75 Å². The van der Waals surface area contributed by atoms with Gasteiger partial charge in [0.05, 0.1) is 23.7 Å². The lowest BCUT2D eigenvalue weighted by atomic mass is 10.0. The highest BCUT2D eigenvalue weighted by Gasteiger charge is 2.16. The van der Waals surface area contributed by atoms with Gasteiger partial charge in [-0.25, -0.2) is 4.79 Å². The number of aryl methyl sites for hydroxylation is 2. The molecule has 3 rings (SSSR count). The van der Waals surface area contributed by atoms with E-state index >= 15 is 0 Å². The Morgan fingerprint density at radius 3 is 2.69 bits per heavy atom. The maximum Gasteiger partial charge on any atom is 0.355 e. The highest BCUT2D eigenvalue weighted by molar-refractivity contribution is 6.33. The van der Waals surface area contributed by atoms with Crippen molar-refractivity contribution in [1.82, 2.24) is 0 Å². The fraction of sp³-hybridized carbons (Fsp3) is 0.333. The number of rotatable bonds is 10. The molecule has 0 bridgehead atoms. The van der Waals surface area contributed by atoms with Crippen molar-refractivity contribution < 1.29 is 19.1 Å². The van der Waals surface area contributed by atoms with E-state index in [1.165, 1.54) is 0 Å². The maximum atomic E-state index is 12.1. The molecule has 0 radical (unpaired) electrons. The van der Waals surface area contributed by atoms with Gasteiger partial charge in [0.25, 0.3) is 0 Å². The molecule has 32 heavy (non-hydrogen) atoms. The predicted octanol–water partition coefficient (Wildman–Crippen LogP) is 5.87. The Morgan fingerprint density at radius 2 is 2.00 bits per heavy atom. The molecule has 0 unspecified atom stereocenters. The normalized spacial score (nSPS) is 11.0. The summed E-state index contributed by atoms with van der Waals surface area (Å²) in [5, 5.41) is 13.5. The Balaban J connectivity index is 1.64. The van der Waals surface area contributed by atoms with Crippen LogP contribution in [0.15, 0.2) is 39.5 Å². The summed E-state index contributed by atoms with van der Waals surface area (Å²) in [4.78, 5) is 22.9. The Labute approximate surface area is 196 Å². The van der Waals surface area contributed by atoms with E-state index in [9.17, 15) is 9.59 Å². The molecule has 8 heteroatoms. The Bertz CT molecular complexity index is 1190.